The Hall–Kier alpha value is -1.83. The Morgan fingerprint density at radius 3 is 2.27 bits per heavy atom. The first-order valence-corrected chi connectivity index (χ1v) is 14.1. The average molecular weight is 475 g/mol. The molecule has 2 heterocycles. The van der Waals surface area contributed by atoms with Gasteiger partial charge in [0.15, 0.2) is 0 Å². The quantitative estimate of drug-likeness (QED) is 0.428. The van der Waals surface area contributed by atoms with Gasteiger partial charge >= 0.3 is 0 Å². The predicted octanol–water partition coefficient (Wildman–Crippen LogP) is 5.22. The van der Waals surface area contributed by atoms with Crippen LogP contribution in [0.1, 0.15) is 78.2 Å². The lowest BCUT2D eigenvalue weighted by atomic mass is 9.97. The van der Waals surface area contributed by atoms with Gasteiger partial charge in [-0.1, -0.05) is 46.6 Å². The highest BCUT2D eigenvalue weighted by atomic mass is 32.2. The SMILES string of the molecule is CCCCN(CCCC)S(=O)(=O)c1ccc2c(c1)c(C1=CCN(C(CC)CC)CC1)cn2N. The zero-order valence-electron chi connectivity index (χ0n) is 20.9. The van der Waals surface area contributed by atoms with E-state index in [9.17, 15) is 8.42 Å². The highest BCUT2D eigenvalue weighted by Crippen LogP contribution is 2.33. The van der Waals surface area contributed by atoms with Crippen LogP contribution in [0.4, 0.5) is 0 Å². The fourth-order valence-corrected chi connectivity index (χ4v) is 6.43. The van der Waals surface area contributed by atoms with E-state index < -0.39 is 10.0 Å². The zero-order chi connectivity index (χ0) is 24.0. The maximum atomic E-state index is 13.5. The van der Waals surface area contributed by atoms with Gasteiger partial charge in [0.2, 0.25) is 10.0 Å². The van der Waals surface area contributed by atoms with Crippen molar-refractivity contribution >= 4 is 26.5 Å². The Morgan fingerprint density at radius 1 is 1.06 bits per heavy atom. The Bertz CT molecular complexity index is 1050. The lowest BCUT2D eigenvalue weighted by molar-refractivity contribution is 0.205. The number of nitrogens with two attached hydrogens (primary N) is 1. The molecule has 0 fully saturated rings. The summed E-state index contributed by atoms with van der Waals surface area (Å²) in [5.74, 6) is 6.27. The van der Waals surface area contributed by atoms with Crippen LogP contribution in [-0.4, -0.2) is 54.5 Å². The number of nitrogens with zero attached hydrogens (tertiary/aromatic N) is 3. The van der Waals surface area contributed by atoms with E-state index in [1.165, 1.54) is 5.57 Å². The van der Waals surface area contributed by atoms with Crippen molar-refractivity contribution in [3.63, 3.8) is 0 Å². The molecule has 1 aromatic heterocycles. The first kappa shape index (κ1) is 25.8. The normalized spacial score (nSPS) is 15.6. The Balaban J connectivity index is 1.95. The Morgan fingerprint density at radius 2 is 1.73 bits per heavy atom. The number of sulfonamides is 1. The van der Waals surface area contributed by atoms with E-state index in [1.807, 2.05) is 18.3 Å². The van der Waals surface area contributed by atoms with E-state index in [0.717, 1.165) is 74.5 Å². The summed E-state index contributed by atoms with van der Waals surface area (Å²) in [4.78, 5) is 2.91. The summed E-state index contributed by atoms with van der Waals surface area (Å²) < 4.78 is 30.4. The van der Waals surface area contributed by atoms with Crippen LogP contribution in [0.3, 0.4) is 0 Å². The molecule has 2 N–H and O–H groups in total. The molecule has 3 rings (SSSR count). The summed E-state index contributed by atoms with van der Waals surface area (Å²) in [7, 11) is -3.55. The molecular formula is C26H42N4O2S. The number of hydrogen-bond donors (Lipinski definition) is 1. The molecule has 6 nitrogen and oxygen atoms in total. The summed E-state index contributed by atoms with van der Waals surface area (Å²) in [5, 5.41) is 0.923. The second-order valence-corrected chi connectivity index (χ2v) is 11.1. The van der Waals surface area contributed by atoms with Gasteiger partial charge in [-0.25, -0.2) is 8.42 Å². The number of benzene rings is 1. The Kier molecular flexibility index (Phi) is 9.02. The maximum absolute atomic E-state index is 13.5. The van der Waals surface area contributed by atoms with Crippen LogP contribution in [0.15, 0.2) is 35.4 Å². The highest BCUT2D eigenvalue weighted by Gasteiger charge is 2.26. The van der Waals surface area contributed by atoms with Crippen molar-refractivity contribution in [1.82, 2.24) is 13.9 Å². The van der Waals surface area contributed by atoms with Gasteiger partial charge < -0.3 is 5.84 Å². The van der Waals surface area contributed by atoms with Crippen molar-refractivity contribution < 1.29 is 8.42 Å². The molecule has 33 heavy (non-hydrogen) atoms. The van der Waals surface area contributed by atoms with Crippen molar-refractivity contribution in [3.8, 4) is 0 Å². The van der Waals surface area contributed by atoms with Gasteiger partial charge in [0, 0.05) is 49.4 Å². The van der Waals surface area contributed by atoms with Gasteiger partial charge in [-0.3, -0.25) is 9.58 Å². The number of nitrogen functional groups attached to an aromatic ring is 1. The van der Waals surface area contributed by atoms with Crippen LogP contribution in [0.2, 0.25) is 0 Å². The third kappa shape index (κ3) is 5.64. The van der Waals surface area contributed by atoms with E-state index >= 15 is 0 Å². The molecule has 0 saturated heterocycles. The molecule has 0 radical (unpaired) electrons. The third-order valence-electron chi connectivity index (χ3n) is 7.01. The van der Waals surface area contributed by atoms with Crippen molar-refractivity contribution in [2.24, 2.45) is 0 Å². The fourth-order valence-electron chi connectivity index (χ4n) is 4.89. The maximum Gasteiger partial charge on any atom is 0.243 e. The largest absolute Gasteiger partial charge is 0.339 e. The first-order chi connectivity index (χ1) is 15.9. The van der Waals surface area contributed by atoms with Crippen LogP contribution in [0.25, 0.3) is 16.5 Å². The summed E-state index contributed by atoms with van der Waals surface area (Å²) in [5.41, 5.74) is 3.18. The second kappa shape index (κ2) is 11.5. The second-order valence-electron chi connectivity index (χ2n) is 9.18. The van der Waals surface area contributed by atoms with E-state index in [0.29, 0.717) is 24.0 Å². The van der Waals surface area contributed by atoms with Gasteiger partial charge in [0.05, 0.1) is 10.4 Å². The molecular weight excluding hydrogens is 432 g/mol. The van der Waals surface area contributed by atoms with Crippen LogP contribution < -0.4 is 5.84 Å². The van der Waals surface area contributed by atoms with Gasteiger partial charge in [0.25, 0.3) is 0 Å². The van der Waals surface area contributed by atoms with E-state index in [1.54, 1.807) is 15.0 Å². The minimum Gasteiger partial charge on any atom is -0.339 e. The van der Waals surface area contributed by atoms with Crippen molar-refractivity contribution in [2.45, 2.75) is 83.6 Å². The number of rotatable bonds is 12. The summed E-state index contributed by atoms with van der Waals surface area (Å²) in [6, 6.07) is 6.01. The standard InChI is InChI=1S/C26H42N4O2S/c1-5-9-15-29(16-10-6-2)33(31,32)23-11-12-26-24(19-23)25(20-30(26)27)21-13-17-28(18-14-21)22(7-3)8-4/h11-13,19-20,22H,5-10,14-18,27H2,1-4H3. The molecule has 2 aromatic rings. The van der Waals surface area contributed by atoms with E-state index in [2.05, 4.69) is 38.7 Å². The lowest BCUT2D eigenvalue weighted by Crippen LogP contribution is -2.37. The summed E-state index contributed by atoms with van der Waals surface area (Å²) in [6.45, 7) is 11.8. The molecule has 1 aliphatic heterocycles. The molecule has 0 unspecified atom stereocenters. The minimum atomic E-state index is -3.55. The molecule has 1 aliphatic rings. The summed E-state index contributed by atoms with van der Waals surface area (Å²) in [6.07, 6.45) is 11.2. The number of fused-ring (bicyclic) bond motifs is 1. The molecule has 0 aliphatic carbocycles. The molecule has 184 valence electrons. The van der Waals surface area contributed by atoms with Gasteiger partial charge in [-0.15, -0.1) is 0 Å². The van der Waals surface area contributed by atoms with E-state index in [-0.39, 0.29) is 0 Å². The molecule has 1 aromatic carbocycles. The summed E-state index contributed by atoms with van der Waals surface area (Å²) >= 11 is 0. The van der Waals surface area contributed by atoms with Crippen molar-refractivity contribution in [3.05, 3.63) is 36.0 Å². The molecule has 0 amide bonds. The van der Waals surface area contributed by atoms with Crippen molar-refractivity contribution in [2.75, 3.05) is 32.0 Å². The Labute approximate surface area is 200 Å². The molecule has 0 spiro atoms. The van der Waals surface area contributed by atoms with Crippen LogP contribution in [-0.2, 0) is 10.0 Å². The highest BCUT2D eigenvalue weighted by molar-refractivity contribution is 7.89. The minimum absolute atomic E-state index is 0.365. The van der Waals surface area contributed by atoms with Gasteiger partial charge in [0.1, 0.15) is 0 Å². The third-order valence-corrected chi connectivity index (χ3v) is 8.90. The molecule has 0 saturated carbocycles. The van der Waals surface area contributed by atoms with Gasteiger partial charge in [-0.2, -0.15) is 4.31 Å². The monoisotopic (exact) mass is 474 g/mol. The lowest BCUT2D eigenvalue weighted by Gasteiger charge is -2.33. The first-order valence-electron chi connectivity index (χ1n) is 12.7. The van der Waals surface area contributed by atoms with Gasteiger partial charge in [-0.05, 0) is 55.9 Å². The number of unbranched alkanes of at least 4 members (excludes halogenated alkanes) is 2. The average Bonchev–Trinajstić information content (AvgIpc) is 3.16. The smallest absolute Gasteiger partial charge is 0.243 e. The van der Waals surface area contributed by atoms with Crippen LogP contribution in [0, 0.1) is 0 Å². The fraction of sp³-hybridized carbons (Fsp3) is 0.615. The van der Waals surface area contributed by atoms with E-state index in [4.69, 9.17) is 5.84 Å². The molecule has 0 bridgehead atoms. The van der Waals surface area contributed by atoms with Crippen molar-refractivity contribution in [1.29, 1.82) is 0 Å². The topological polar surface area (TPSA) is 71.6 Å². The number of hydrogen-bond acceptors (Lipinski definition) is 4. The molecule has 0 atom stereocenters. The molecule has 7 heteroatoms. The predicted molar refractivity (Wildman–Crippen MR) is 139 cm³/mol. The van der Waals surface area contributed by atoms with Crippen LogP contribution >= 0.6 is 0 Å². The zero-order valence-corrected chi connectivity index (χ0v) is 21.7. The number of aromatic nitrogens is 1. The van der Waals surface area contributed by atoms with Crippen LogP contribution in [0.5, 0.6) is 0 Å².